The molecule has 130 valence electrons. The lowest BCUT2D eigenvalue weighted by Crippen LogP contribution is -2.14. The number of rotatable bonds is 4. The number of esters is 2. The molecule has 0 bridgehead atoms. The monoisotopic (exact) mass is 341 g/mol. The Labute approximate surface area is 144 Å². The lowest BCUT2D eigenvalue weighted by Gasteiger charge is -2.12. The molecule has 1 N–H and O–H groups in total. The number of aromatic hydroxyl groups is 1. The van der Waals surface area contributed by atoms with Gasteiger partial charge in [0.15, 0.2) is 0 Å². The van der Waals surface area contributed by atoms with Crippen molar-refractivity contribution in [3.05, 3.63) is 41.5 Å². The summed E-state index contributed by atoms with van der Waals surface area (Å²) in [4.78, 5) is 24.7. The number of ether oxygens (including phenoxy) is 2. The van der Waals surface area contributed by atoms with E-state index in [-0.39, 0.29) is 30.1 Å². The normalized spacial score (nSPS) is 11.0. The second-order valence-corrected chi connectivity index (χ2v) is 5.56. The Bertz CT molecular complexity index is 987. The van der Waals surface area contributed by atoms with Gasteiger partial charge in [0.05, 0.1) is 29.7 Å². The number of carbonyl (C=O) groups excluding carboxylic acids is 2. The highest BCUT2D eigenvalue weighted by Gasteiger charge is 2.28. The Hall–Kier alpha value is -3.02. The van der Waals surface area contributed by atoms with Gasteiger partial charge in [-0.1, -0.05) is 18.2 Å². The number of hydrogen-bond acceptors (Lipinski definition) is 5. The minimum atomic E-state index is -0.752. The number of aryl methyl sites for hydroxylation is 1. The largest absolute Gasteiger partial charge is 0.506 e. The van der Waals surface area contributed by atoms with Crippen molar-refractivity contribution in [3.63, 3.8) is 0 Å². The first kappa shape index (κ1) is 16.8. The highest BCUT2D eigenvalue weighted by molar-refractivity contribution is 6.18. The van der Waals surface area contributed by atoms with E-state index in [2.05, 4.69) is 0 Å². The van der Waals surface area contributed by atoms with Crippen molar-refractivity contribution in [1.29, 1.82) is 0 Å². The summed E-state index contributed by atoms with van der Waals surface area (Å²) in [5.74, 6) is -1.69. The minimum absolute atomic E-state index is 0.00351. The average molecular weight is 341 g/mol. The summed E-state index contributed by atoms with van der Waals surface area (Å²) in [6.07, 6.45) is 0. The number of carbonyl (C=O) groups is 2. The maximum absolute atomic E-state index is 12.4. The first-order valence-electron chi connectivity index (χ1n) is 8.08. The molecule has 3 rings (SSSR count). The number of para-hydroxylation sites is 1. The molecule has 0 aliphatic carbocycles. The number of hydrogen-bond donors (Lipinski definition) is 1. The van der Waals surface area contributed by atoms with Crippen LogP contribution in [0.5, 0.6) is 5.75 Å². The quantitative estimate of drug-likeness (QED) is 0.736. The summed E-state index contributed by atoms with van der Waals surface area (Å²) in [7, 11) is 1.84. The van der Waals surface area contributed by atoms with Gasteiger partial charge in [0, 0.05) is 18.0 Å². The van der Waals surface area contributed by atoms with E-state index >= 15 is 0 Å². The van der Waals surface area contributed by atoms with E-state index in [1.165, 1.54) is 0 Å². The van der Waals surface area contributed by atoms with Crippen molar-refractivity contribution in [2.45, 2.75) is 13.8 Å². The predicted molar refractivity (Wildman–Crippen MR) is 94.0 cm³/mol. The van der Waals surface area contributed by atoms with E-state index in [1.807, 2.05) is 35.9 Å². The van der Waals surface area contributed by atoms with Gasteiger partial charge < -0.3 is 19.1 Å². The van der Waals surface area contributed by atoms with E-state index in [9.17, 15) is 14.7 Å². The van der Waals surface area contributed by atoms with Gasteiger partial charge in [-0.3, -0.25) is 0 Å². The van der Waals surface area contributed by atoms with Crippen LogP contribution in [0, 0.1) is 0 Å². The standard InChI is InChI=1S/C19H19NO5/c1-4-24-18(22)12-10-14-15(17(21)16(12)19(23)25-5-2)11-8-6-7-9-13(11)20(14)3/h6-10,21H,4-5H2,1-3H3. The topological polar surface area (TPSA) is 77.8 Å². The van der Waals surface area contributed by atoms with Crippen LogP contribution in [0.15, 0.2) is 30.3 Å². The van der Waals surface area contributed by atoms with Crippen molar-refractivity contribution >= 4 is 33.7 Å². The van der Waals surface area contributed by atoms with Gasteiger partial charge in [-0.2, -0.15) is 0 Å². The van der Waals surface area contributed by atoms with Crippen LogP contribution in [0.1, 0.15) is 34.6 Å². The summed E-state index contributed by atoms with van der Waals surface area (Å²) >= 11 is 0. The van der Waals surface area contributed by atoms with Crippen LogP contribution in [0.4, 0.5) is 0 Å². The smallest absolute Gasteiger partial charge is 0.342 e. The van der Waals surface area contributed by atoms with Gasteiger partial charge in [0.2, 0.25) is 0 Å². The molecule has 0 amide bonds. The third kappa shape index (κ3) is 2.59. The van der Waals surface area contributed by atoms with Crippen molar-refractivity contribution in [2.75, 3.05) is 13.2 Å². The first-order chi connectivity index (χ1) is 12.0. The molecule has 1 aromatic heterocycles. The summed E-state index contributed by atoms with van der Waals surface area (Å²) in [6.45, 7) is 3.63. The third-order valence-corrected chi connectivity index (χ3v) is 4.15. The van der Waals surface area contributed by atoms with Crippen molar-refractivity contribution in [2.24, 2.45) is 7.05 Å². The van der Waals surface area contributed by atoms with E-state index in [0.717, 1.165) is 10.9 Å². The Morgan fingerprint density at radius 2 is 1.68 bits per heavy atom. The zero-order chi connectivity index (χ0) is 18.1. The second-order valence-electron chi connectivity index (χ2n) is 5.56. The van der Waals surface area contributed by atoms with E-state index in [4.69, 9.17) is 9.47 Å². The van der Waals surface area contributed by atoms with Gasteiger partial charge >= 0.3 is 11.9 Å². The second kappa shape index (κ2) is 6.47. The molecule has 3 aromatic rings. The molecule has 6 heteroatoms. The van der Waals surface area contributed by atoms with E-state index < -0.39 is 11.9 Å². The van der Waals surface area contributed by atoms with Gasteiger partial charge in [0.25, 0.3) is 0 Å². The maximum atomic E-state index is 12.4. The van der Waals surface area contributed by atoms with Crippen LogP contribution in [0.3, 0.4) is 0 Å². The molecule has 0 fully saturated rings. The van der Waals surface area contributed by atoms with Crippen LogP contribution in [0.2, 0.25) is 0 Å². The average Bonchev–Trinajstić information content (AvgIpc) is 2.88. The molecule has 0 saturated carbocycles. The number of fused-ring (bicyclic) bond motifs is 3. The Morgan fingerprint density at radius 1 is 1.04 bits per heavy atom. The number of phenols is 1. The van der Waals surface area contributed by atoms with Gasteiger partial charge in [-0.05, 0) is 26.0 Å². The summed E-state index contributed by atoms with van der Waals surface area (Å²) in [5.41, 5.74) is 1.35. The molecule has 6 nitrogen and oxygen atoms in total. The van der Waals surface area contributed by atoms with Crippen LogP contribution in [-0.2, 0) is 16.5 Å². The molecule has 0 aliphatic heterocycles. The fraction of sp³-hybridized carbons (Fsp3) is 0.263. The lowest BCUT2D eigenvalue weighted by atomic mass is 10.0. The number of aromatic nitrogens is 1. The third-order valence-electron chi connectivity index (χ3n) is 4.15. The highest BCUT2D eigenvalue weighted by atomic mass is 16.5. The zero-order valence-corrected chi connectivity index (χ0v) is 14.3. The van der Waals surface area contributed by atoms with Gasteiger partial charge in [-0.15, -0.1) is 0 Å². The first-order valence-corrected chi connectivity index (χ1v) is 8.08. The Morgan fingerprint density at radius 3 is 2.36 bits per heavy atom. The number of phenolic OH excluding ortho intramolecular Hbond substituents is 1. The molecule has 2 aromatic carbocycles. The van der Waals surface area contributed by atoms with Crippen LogP contribution >= 0.6 is 0 Å². The molecular weight excluding hydrogens is 322 g/mol. The zero-order valence-electron chi connectivity index (χ0n) is 14.3. The molecule has 0 aliphatic rings. The van der Waals surface area contributed by atoms with Gasteiger partial charge in [0.1, 0.15) is 11.3 Å². The van der Waals surface area contributed by atoms with E-state index in [1.54, 1.807) is 19.9 Å². The summed E-state index contributed by atoms with van der Waals surface area (Å²) < 4.78 is 11.9. The molecule has 0 radical (unpaired) electrons. The SMILES string of the molecule is CCOC(=O)c1cc2c(c(O)c1C(=O)OCC)c1ccccc1n2C. The van der Waals surface area contributed by atoms with Crippen molar-refractivity contribution in [1.82, 2.24) is 4.57 Å². The number of nitrogens with zero attached hydrogens (tertiary/aromatic N) is 1. The molecule has 0 atom stereocenters. The van der Waals surface area contributed by atoms with E-state index in [0.29, 0.717) is 10.9 Å². The number of benzene rings is 2. The lowest BCUT2D eigenvalue weighted by molar-refractivity contribution is 0.0476. The minimum Gasteiger partial charge on any atom is -0.506 e. The fourth-order valence-corrected chi connectivity index (χ4v) is 3.07. The molecule has 25 heavy (non-hydrogen) atoms. The summed E-state index contributed by atoms with van der Waals surface area (Å²) in [5, 5.41) is 12.1. The molecular formula is C19H19NO5. The molecule has 0 saturated heterocycles. The fourth-order valence-electron chi connectivity index (χ4n) is 3.07. The van der Waals surface area contributed by atoms with Crippen LogP contribution in [-0.4, -0.2) is 34.8 Å². The highest BCUT2D eigenvalue weighted by Crippen LogP contribution is 2.39. The van der Waals surface area contributed by atoms with Crippen LogP contribution < -0.4 is 0 Å². The molecule has 1 heterocycles. The van der Waals surface area contributed by atoms with Crippen molar-refractivity contribution in [3.8, 4) is 5.75 Å². The Balaban J connectivity index is 2.42. The van der Waals surface area contributed by atoms with Gasteiger partial charge in [-0.25, -0.2) is 9.59 Å². The van der Waals surface area contributed by atoms with Crippen LogP contribution in [0.25, 0.3) is 21.8 Å². The maximum Gasteiger partial charge on any atom is 0.342 e. The molecule has 0 spiro atoms. The summed E-state index contributed by atoms with van der Waals surface area (Å²) in [6, 6.07) is 9.07. The molecule has 0 unspecified atom stereocenters. The Kier molecular flexibility index (Phi) is 4.35. The van der Waals surface area contributed by atoms with Crippen molar-refractivity contribution < 1.29 is 24.2 Å². The predicted octanol–water partition coefficient (Wildman–Crippen LogP) is 3.39.